The predicted molar refractivity (Wildman–Crippen MR) is 112 cm³/mol. The normalized spacial score (nSPS) is 19.8. The van der Waals surface area contributed by atoms with Gasteiger partial charge in [0.15, 0.2) is 6.29 Å². The van der Waals surface area contributed by atoms with Gasteiger partial charge in [-0.15, -0.1) is 0 Å². The molecule has 1 heterocycles. The van der Waals surface area contributed by atoms with Gasteiger partial charge in [-0.3, -0.25) is 0 Å². The van der Waals surface area contributed by atoms with Crippen molar-refractivity contribution in [1.29, 1.82) is 0 Å². The molecule has 1 aliphatic heterocycles. The first kappa shape index (κ1) is 26.2. The smallest absolute Gasteiger partial charge is 0.160 e. The van der Waals surface area contributed by atoms with Crippen LogP contribution in [0.15, 0.2) is 24.3 Å². The van der Waals surface area contributed by atoms with Gasteiger partial charge in [0, 0.05) is 17.5 Å². The van der Waals surface area contributed by atoms with Gasteiger partial charge in [0.05, 0.1) is 13.2 Å². The van der Waals surface area contributed by atoms with Crippen LogP contribution < -0.4 is 5.73 Å². The Morgan fingerprint density at radius 1 is 0.960 bits per heavy atom. The van der Waals surface area contributed by atoms with Crippen LogP contribution >= 0.6 is 0 Å². The largest absolute Gasteiger partial charge is 0.399 e. The minimum atomic E-state index is -0.0324. The summed E-state index contributed by atoms with van der Waals surface area (Å²) in [6.07, 6.45) is 3.54. The molecule has 0 spiro atoms. The van der Waals surface area contributed by atoms with Crippen molar-refractivity contribution in [3.05, 3.63) is 29.8 Å². The minimum absolute atomic E-state index is 0.0324. The summed E-state index contributed by atoms with van der Waals surface area (Å²) >= 11 is 0. The lowest BCUT2D eigenvalue weighted by Crippen LogP contribution is -2.35. The molecule has 2 rings (SSSR count). The van der Waals surface area contributed by atoms with Crippen LogP contribution in [0.25, 0.3) is 0 Å². The maximum absolute atomic E-state index is 5.84. The van der Waals surface area contributed by atoms with Gasteiger partial charge in [-0.25, -0.2) is 0 Å². The number of rotatable bonds is 4. The van der Waals surface area contributed by atoms with Crippen molar-refractivity contribution in [2.24, 2.45) is 5.92 Å². The summed E-state index contributed by atoms with van der Waals surface area (Å²) in [7, 11) is 0. The van der Waals surface area contributed by atoms with E-state index >= 15 is 0 Å². The molecule has 0 aromatic heterocycles. The number of anilines is 1. The first-order valence-corrected chi connectivity index (χ1v) is 10.2. The molecular formula is C22H43NO2. The zero-order chi connectivity index (χ0) is 19.7. The van der Waals surface area contributed by atoms with Gasteiger partial charge in [0.1, 0.15) is 0 Å². The van der Waals surface area contributed by atoms with E-state index in [0.29, 0.717) is 11.8 Å². The number of nitrogen functional groups attached to an aromatic ring is 1. The third-order valence-corrected chi connectivity index (χ3v) is 3.54. The fourth-order valence-electron chi connectivity index (χ4n) is 2.40. The van der Waals surface area contributed by atoms with Gasteiger partial charge in [-0.05, 0) is 24.1 Å². The molecule has 1 aromatic rings. The number of ether oxygens (including phenoxy) is 2. The molecular weight excluding hydrogens is 310 g/mol. The van der Waals surface area contributed by atoms with E-state index in [2.05, 4.69) is 39.8 Å². The van der Waals surface area contributed by atoms with Crippen LogP contribution in [-0.2, 0) is 9.47 Å². The molecule has 0 amide bonds. The molecule has 3 heteroatoms. The van der Waals surface area contributed by atoms with E-state index in [0.717, 1.165) is 25.3 Å². The molecule has 1 saturated heterocycles. The van der Waals surface area contributed by atoms with Gasteiger partial charge in [-0.2, -0.15) is 0 Å². The molecule has 0 bridgehead atoms. The quantitative estimate of drug-likeness (QED) is 0.618. The van der Waals surface area contributed by atoms with Crippen molar-refractivity contribution < 1.29 is 9.47 Å². The molecule has 0 aliphatic carbocycles. The summed E-state index contributed by atoms with van der Waals surface area (Å²) in [6.45, 7) is 18.1. The lowest BCUT2D eigenvalue weighted by Gasteiger charge is -2.33. The monoisotopic (exact) mass is 353 g/mol. The Hall–Kier alpha value is -1.06. The number of benzene rings is 1. The van der Waals surface area contributed by atoms with Crippen molar-refractivity contribution in [3.63, 3.8) is 0 Å². The van der Waals surface area contributed by atoms with Crippen molar-refractivity contribution in [1.82, 2.24) is 0 Å². The second kappa shape index (κ2) is 17.8. The highest BCUT2D eigenvalue weighted by Crippen LogP contribution is 2.27. The first-order chi connectivity index (χ1) is 12.1. The highest BCUT2D eigenvalue weighted by Gasteiger charge is 2.26. The zero-order valence-electron chi connectivity index (χ0n) is 18.0. The van der Waals surface area contributed by atoms with E-state index in [1.165, 1.54) is 18.4 Å². The molecule has 25 heavy (non-hydrogen) atoms. The van der Waals surface area contributed by atoms with Gasteiger partial charge >= 0.3 is 0 Å². The average Bonchev–Trinajstić information content (AvgIpc) is 2.67. The van der Waals surface area contributed by atoms with Crippen LogP contribution in [-0.4, -0.2) is 19.5 Å². The zero-order valence-corrected chi connectivity index (χ0v) is 18.0. The summed E-state index contributed by atoms with van der Waals surface area (Å²) in [5, 5.41) is 0. The van der Waals surface area contributed by atoms with Crippen molar-refractivity contribution >= 4 is 5.69 Å². The molecule has 148 valence electrons. The van der Waals surface area contributed by atoms with Crippen LogP contribution in [0, 0.1) is 5.92 Å². The molecule has 3 nitrogen and oxygen atoms in total. The fraction of sp³-hybridized carbons (Fsp3) is 0.727. The molecule has 1 fully saturated rings. The third-order valence-electron chi connectivity index (χ3n) is 3.54. The summed E-state index contributed by atoms with van der Waals surface area (Å²) in [5.74, 6) is 0.804. The second-order valence-corrected chi connectivity index (χ2v) is 5.87. The van der Waals surface area contributed by atoms with E-state index < -0.39 is 0 Å². The Morgan fingerprint density at radius 3 is 1.80 bits per heavy atom. The third kappa shape index (κ3) is 11.2. The Kier molecular flexibility index (Phi) is 18.6. The van der Waals surface area contributed by atoms with E-state index in [1.807, 2.05) is 39.8 Å². The highest BCUT2D eigenvalue weighted by atomic mass is 16.7. The number of hydrogen-bond acceptors (Lipinski definition) is 3. The molecule has 1 aliphatic rings. The van der Waals surface area contributed by atoms with Gasteiger partial charge in [-0.1, -0.05) is 80.4 Å². The Morgan fingerprint density at radius 2 is 1.40 bits per heavy atom. The van der Waals surface area contributed by atoms with E-state index in [-0.39, 0.29) is 6.29 Å². The molecule has 1 aromatic carbocycles. The van der Waals surface area contributed by atoms with E-state index in [9.17, 15) is 0 Å². The average molecular weight is 354 g/mol. The lowest BCUT2D eigenvalue weighted by atomic mass is 9.99. The summed E-state index contributed by atoms with van der Waals surface area (Å²) in [6, 6.07) is 7.98. The number of hydrogen-bond donors (Lipinski definition) is 1. The van der Waals surface area contributed by atoms with Crippen LogP contribution in [0.2, 0.25) is 0 Å². The summed E-state index contributed by atoms with van der Waals surface area (Å²) in [4.78, 5) is 0. The molecule has 1 unspecified atom stereocenters. The molecule has 1 atom stereocenters. The highest BCUT2D eigenvalue weighted by molar-refractivity contribution is 5.40. The van der Waals surface area contributed by atoms with Gasteiger partial charge < -0.3 is 15.2 Å². The Bertz CT molecular complexity index is 370. The van der Waals surface area contributed by atoms with Crippen LogP contribution in [0.3, 0.4) is 0 Å². The topological polar surface area (TPSA) is 44.5 Å². The van der Waals surface area contributed by atoms with E-state index in [4.69, 9.17) is 15.2 Å². The maximum Gasteiger partial charge on any atom is 0.160 e. The van der Waals surface area contributed by atoms with Crippen LogP contribution in [0.1, 0.15) is 86.1 Å². The maximum atomic E-state index is 5.84. The van der Waals surface area contributed by atoms with Crippen LogP contribution in [0.5, 0.6) is 0 Å². The fourth-order valence-corrected chi connectivity index (χ4v) is 2.40. The minimum Gasteiger partial charge on any atom is -0.399 e. The number of nitrogens with two attached hydrogens (primary N) is 1. The molecule has 2 N–H and O–H groups in total. The molecule has 0 saturated carbocycles. The van der Waals surface area contributed by atoms with Gasteiger partial charge in [0.25, 0.3) is 0 Å². The van der Waals surface area contributed by atoms with Gasteiger partial charge in [0.2, 0.25) is 0 Å². The van der Waals surface area contributed by atoms with Crippen LogP contribution in [0.4, 0.5) is 5.69 Å². The predicted octanol–water partition coefficient (Wildman–Crippen LogP) is 6.63. The standard InChI is InChI=1S/C15H23NO2.C3H8.2C2H6/c1-3-4-11(2)15-17-9-13(10-18-15)12-5-7-14(16)8-6-12;1-3-2;2*1-2/h5-8,11,13,15H,3-4,9-10,16H2,1-2H3;3H2,1-2H3;2*1-2H3. The molecule has 0 radical (unpaired) electrons. The summed E-state index contributed by atoms with van der Waals surface area (Å²) < 4.78 is 11.7. The lowest BCUT2D eigenvalue weighted by molar-refractivity contribution is -0.210. The Balaban J connectivity index is 0. The van der Waals surface area contributed by atoms with Crippen molar-refractivity contribution in [3.8, 4) is 0 Å². The van der Waals surface area contributed by atoms with Crippen molar-refractivity contribution in [2.75, 3.05) is 18.9 Å². The first-order valence-electron chi connectivity index (χ1n) is 10.2. The summed E-state index contributed by atoms with van der Waals surface area (Å²) in [5.41, 5.74) is 7.73. The Labute approximate surface area is 157 Å². The SMILES string of the molecule is CC.CC.CCC.CCCC(C)C1OCC(c2ccc(N)cc2)CO1. The second-order valence-electron chi connectivity index (χ2n) is 5.87. The van der Waals surface area contributed by atoms with Crippen molar-refractivity contribution in [2.45, 2.75) is 86.9 Å². The van der Waals surface area contributed by atoms with E-state index in [1.54, 1.807) is 0 Å².